The molecule has 5 nitrogen and oxygen atoms in total. The lowest BCUT2D eigenvalue weighted by molar-refractivity contribution is 0.0752. The van der Waals surface area contributed by atoms with Gasteiger partial charge in [0.15, 0.2) is 0 Å². The van der Waals surface area contributed by atoms with Crippen LogP contribution in [-0.2, 0) is 14.8 Å². The lowest BCUT2D eigenvalue weighted by Crippen LogP contribution is -2.36. The molecule has 1 aliphatic heterocycles. The smallest absolute Gasteiger partial charge is 0.245 e. The zero-order valence-electron chi connectivity index (χ0n) is 12.0. The number of sulfonamides is 1. The summed E-state index contributed by atoms with van der Waals surface area (Å²) in [7, 11) is -3.48. The van der Waals surface area contributed by atoms with E-state index in [0.717, 1.165) is 6.42 Å². The van der Waals surface area contributed by atoms with Crippen molar-refractivity contribution in [3.8, 4) is 0 Å². The maximum atomic E-state index is 12.8. The largest absolute Gasteiger partial charge is 0.384 e. The first-order chi connectivity index (χ1) is 9.55. The Morgan fingerprint density at radius 2 is 2.15 bits per heavy atom. The van der Waals surface area contributed by atoms with Gasteiger partial charge in [0.25, 0.3) is 0 Å². The molecule has 1 aromatic carbocycles. The third-order valence-electron chi connectivity index (χ3n) is 3.29. The van der Waals surface area contributed by atoms with Gasteiger partial charge in [-0.15, -0.1) is 0 Å². The first-order valence-electron chi connectivity index (χ1n) is 7.00. The molecule has 0 spiro atoms. The minimum absolute atomic E-state index is 0.0708. The minimum atomic E-state index is -3.48. The minimum Gasteiger partial charge on any atom is -0.384 e. The van der Waals surface area contributed by atoms with Gasteiger partial charge >= 0.3 is 0 Å². The summed E-state index contributed by atoms with van der Waals surface area (Å²) in [6.45, 7) is 6.07. The van der Waals surface area contributed by atoms with Crippen molar-refractivity contribution >= 4 is 15.7 Å². The zero-order chi connectivity index (χ0) is 14.6. The molecular weight excluding hydrogens is 276 g/mol. The molecule has 0 aliphatic carbocycles. The van der Waals surface area contributed by atoms with Crippen molar-refractivity contribution < 1.29 is 13.2 Å². The van der Waals surface area contributed by atoms with E-state index in [-0.39, 0.29) is 6.10 Å². The molecule has 0 saturated carbocycles. The number of para-hydroxylation sites is 1. The molecule has 1 saturated heterocycles. The lowest BCUT2D eigenvalue weighted by Gasteiger charge is -2.23. The molecule has 1 N–H and O–H groups in total. The Bertz CT molecular complexity index is 545. The average molecular weight is 298 g/mol. The third-order valence-corrected chi connectivity index (χ3v) is 5.21. The maximum absolute atomic E-state index is 12.8. The standard InChI is InChI=1S/C14H22N2O3S/c1-3-15-13-7-4-5-8-14(13)20(17,18)16-9-6-10-19-12(2)11-16/h4-5,7-8,12,15H,3,6,9-11H2,1-2H3. The molecule has 0 aromatic heterocycles. The van der Waals surface area contributed by atoms with Crippen molar-refractivity contribution in [3.05, 3.63) is 24.3 Å². The first-order valence-corrected chi connectivity index (χ1v) is 8.44. The van der Waals surface area contributed by atoms with Crippen molar-refractivity contribution in [2.24, 2.45) is 0 Å². The Morgan fingerprint density at radius 1 is 1.40 bits per heavy atom. The summed E-state index contributed by atoms with van der Waals surface area (Å²) in [6, 6.07) is 7.05. The summed E-state index contributed by atoms with van der Waals surface area (Å²) >= 11 is 0. The highest BCUT2D eigenvalue weighted by Gasteiger charge is 2.29. The van der Waals surface area contributed by atoms with E-state index in [9.17, 15) is 8.42 Å². The van der Waals surface area contributed by atoms with Crippen LogP contribution in [0.4, 0.5) is 5.69 Å². The Morgan fingerprint density at radius 3 is 2.90 bits per heavy atom. The number of nitrogens with one attached hydrogen (secondary N) is 1. The van der Waals surface area contributed by atoms with Gasteiger partial charge in [-0.2, -0.15) is 4.31 Å². The van der Waals surface area contributed by atoms with Crippen molar-refractivity contribution in [2.75, 3.05) is 31.6 Å². The van der Waals surface area contributed by atoms with Crippen LogP contribution < -0.4 is 5.32 Å². The van der Waals surface area contributed by atoms with Crippen LogP contribution >= 0.6 is 0 Å². The molecule has 20 heavy (non-hydrogen) atoms. The molecule has 1 fully saturated rings. The Labute approximate surface area is 121 Å². The molecule has 1 atom stereocenters. The van der Waals surface area contributed by atoms with Gasteiger partial charge in [-0.1, -0.05) is 12.1 Å². The van der Waals surface area contributed by atoms with Gasteiger partial charge in [0, 0.05) is 26.2 Å². The zero-order valence-corrected chi connectivity index (χ0v) is 12.8. The van der Waals surface area contributed by atoms with Gasteiger partial charge in [-0.3, -0.25) is 0 Å². The van der Waals surface area contributed by atoms with Gasteiger partial charge in [0.05, 0.1) is 11.8 Å². The van der Waals surface area contributed by atoms with Crippen molar-refractivity contribution in [2.45, 2.75) is 31.3 Å². The SMILES string of the molecule is CCNc1ccccc1S(=O)(=O)N1CCCOC(C)C1. The van der Waals surface area contributed by atoms with E-state index < -0.39 is 10.0 Å². The van der Waals surface area contributed by atoms with Crippen LogP contribution in [0.5, 0.6) is 0 Å². The van der Waals surface area contributed by atoms with Gasteiger partial charge in [-0.05, 0) is 32.4 Å². The normalized spacial score (nSPS) is 21.4. The van der Waals surface area contributed by atoms with E-state index in [1.807, 2.05) is 19.9 Å². The molecule has 0 amide bonds. The van der Waals surface area contributed by atoms with Crippen molar-refractivity contribution in [1.29, 1.82) is 0 Å². The molecule has 1 heterocycles. The fourth-order valence-corrected chi connectivity index (χ4v) is 4.06. The number of benzene rings is 1. The molecular formula is C14H22N2O3S. The second kappa shape index (κ2) is 6.56. The molecule has 0 radical (unpaired) electrons. The van der Waals surface area contributed by atoms with Crippen molar-refractivity contribution in [3.63, 3.8) is 0 Å². The molecule has 2 rings (SSSR count). The number of hydrogen-bond acceptors (Lipinski definition) is 4. The monoisotopic (exact) mass is 298 g/mol. The maximum Gasteiger partial charge on any atom is 0.245 e. The second-order valence-corrected chi connectivity index (χ2v) is 6.83. The van der Waals surface area contributed by atoms with Crippen LogP contribution in [-0.4, -0.2) is 45.1 Å². The Balaban J connectivity index is 2.34. The summed E-state index contributed by atoms with van der Waals surface area (Å²) in [5.74, 6) is 0. The summed E-state index contributed by atoms with van der Waals surface area (Å²) in [5.41, 5.74) is 0.660. The van der Waals surface area contributed by atoms with E-state index in [1.165, 1.54) is 4.31 Å². The third kappa shape index (κ3) is 3.31. The van der Waals surface area contributed by atoms with Crippen LogP contribution in [0, 0.1) is 0 Å². The Kier molecular flexibility index (Phi) is 5.01. The van der Waals surface area contributed by atoms with E-state index in [4.69, 9.17) is 4.74 Å². The summed E-state index contributed by atoms with van der Waals surface area (Å²) < 4.78 is 32.7. The van der Waals surface area contributed by atoms with Crippen LogP contribution in [0.25, 0.3) is 0 Å². The second-order valence-electron chi connectivity index (χ2n) is 4.92. The Hall–Kier alpha value is -1.11. The number of ether oxygens (including phenoxy) is 1. The topological polar surface area (TPSA) is 58.6 Å². The molecule has 1 aromatic rings. The van der Waals surface area contributed by atoms with Crippen molar-refractivity contribution in [1.82, 2.24) is 4.31 Å². The van der Waals surface area contributed by atoms with Gasteiger partial charge in [0.1, 0.15) is 4.90 Å². The van der Waals surface area contributed by atoms with Crippen LogP contribution in [0.2, 0.25) is 0 Å². The predicted molar refractivity (Wildman–Crippen MR) is 79.4 cm³/mol. The van der Waals surface area contributed by atoms with E-state index in [0.29, 0.717) is 36.8 Å². The number of hydrogen-bond donors (Lipinski definition) is 1. The van der Waals surface area contributed by atoms with E-state index in [1.54, 1.807) is 18.2 Å². The first kappa shape index (κ1) is 15.3. The summed E-state index contributed by atoms with van der Waals surface area (Å²) in [6.07, 6.45) is 0.658. The molecule has 1 aliphatic rings. The lowest BCUT2D eigenvalue weighted by atomic mass is 10.3. The molecule has 0 bridgehead atoms. The number of nitrogens with zero attached hydrogens (tertiary/aromatic N) is 1. The van der Waals surface area contributed by atoms with Crippen LogP contribution in [0.15, 0.2) is 29.2 Å². The summed E-state index contributed by atoms with van der Waals surface area (Å²) in [5, 5.41) is 3.11. The predicted octanol–water partition coefficient (Wildman–Crippen LogP) is 1.92. The fourth-order valence-electron chi connectivity index (χ4n) is 2.34. The van der Waals surface area contributed by atoms with Gasteiger partial charge < -0.3 is 10.1 Å². The quantitative estimate of drug-likeness (QED) is 0.922. The summed E-state index contributed by atoms with van der Waals surface area (Å²) in [4.78, 5) is 0.343. The molecule has 1 unspecified atom stereocenters. The van der Waals surface area contributed by atoms with E-state index >= 15 is 0 Å². The van der Waals surface area contributed by atoms with Crippen LogP contribution in [0.3, 0.4) is 0 Å². The average Bonchev–Trinajstić information content (AvgIpc) is 2.65. The van der Waals surface area contributed by atoms with Gasteiger partial charge in [0.2, 0.25) is 10.0 Å². The molecule has 112 valence electrons. The van der Waals surface area contributed by atoms with Gasteiger partial charge in [-0.25, -0.2) is 8.42 Å². The fraction of sp³-hybridized carbons (Fsp3) is 0.571. The number of rotatable bonds is 4. The highest BCUT2D eigenvalue weighted by molar-refractivity contribution is 7.89. The highest BCUT2D eigenvalue weighted by Crippen LogP contribution is 2.25. The van der Waals surface area contributed by atoms with Crippen LogP contribution in [0.1, 0.15) is 20.3 Å². The van der Waals surface area contributed by atoms with E-state index in [2.05, 4.69) is 5.32 Å². The highest BCUT2D eigenvalue weighted by atomic mass is 32.2. The molecule has 6 heteroatoms. The number of anilines is 1.